The second-order valence-electron chi connectivity index (χ2n) is 9.38. The maximum Gasteiger partial charge on any atom is 0.201 e. The highest BCUT2D eigenvalue weighted by atomic mass is 19.2. The largest absolute Gasteiger partial charge is 0.490 e. The van der Waals surface area contributed by atoms with Gasteiger partial charge in [0, 0.05) is 5.56 Å². The van der Waals surface area contributed by atoms with Gasteiger partial charge in [-0.1, -0.05) is 76.3 Å². The number of benzene rings is 2. The van der Waals surface area contributed by atoms with E-state index in [2.05, 4.69) is 37.8 Å². The first-order chi connectivity index (χ1) is 16.1. The van der Waals surface area contributed by atoms with Crippen molar-refractivity contribution in [3.05, 3.63) is 64.7 Å². The molecule has 0 bridgehead atoms. The molecule has 1 aliphatic carbocycles. The molecule has 2 aromatic rings. The van der Waals surface area contributed by atoms with Crippen LogP contribution in [0.15, 0.2) is 36.4 Å². The molecule has 0 radical (unpaired) electrons. The maximum absolute atomic E-state index is 14.4. The Morgan fingerprint density at radius 3 is 2.18 bits per heavy atom. The Morgan fingerprint density at radius 1 is 0.788 bits per heavy atom. The molecule has 0 aromatic heterocycles. The lowest BCUT2D eigenvalue weighted by atomic mass is 9.77. The number of rotatable bonds is 10. The Bertz CT molecular complexity index is 915. The molecule has 1 nitrogen and oxygen atoms in total. The second kappa shape index (κ2) is 13.4. The van der Waals surface area contributed by atoms with Gasteiger partial charge < -0.3 is 4.74 Å². The Hall–Kier alpha value is -2.34. The molecule has 3 heteroatoms. The van der Waals surface area contributed by atoms with E-state index in [4.69, 9.17) is 4.74 Å². The van der Waals surface area contributed by atoms with Crippen LogP contribution in [0.4, 0.5) is 8.78 Å². The highest BCUT2D eigenvalue weighted by Gasteiger charge is 2.22. The molecule has 178 valence electrons. The summed E-state index contributed by atoms with van der Waals surface area (Å²) in [6.45, 7) is 4.74. The summed E-state index contributed by atoms with van der Waals surface area (Å²) in [6.07, 6.45) is 13.5. The van der Waals surface area contributed by atoms with Gasteiger partial charge in [-0.3, -0.25) is 0 Å². The molecule has 0 saturated heterocycles. The van der Waals surface area contributed by atoms with Gasteiger partial charge in [0.15, 0.2) is 11.6 Å². The molecule has 2 aromatic carbocycles. The van der Waals surface area contributed by atoms with E-state index in [9.17, 15) is 8.78 Å². The van der Waals surface area contributed by atoms with Crippen LogP contribution in [0, 0.1) is 29.4 Å². The molecule has 0 aliphatic heterocycles. The van der Waals surface area contributed by atoms with Crippen molar-refractivity contribution in [2.24, 2.45) is 5.92 Å². The monoisotopic (exact) mass is 452 g/mol. The standard InChI is InChI=1S/C30H38F2O/c1-3-5-7-9-23-10-15-25(16-11-23)26-17-12-24(13-18-26)14-19-27-20-21-28(30(32)29(27)31)33-22-8-6-4-2/h12-13,17-18,20-21,23,25H,3-11,15-16,22H2,1-2H3. The molecule has 0 amide bonds. The van der Waals surface area contributed by atoms with Gasteiger partial charge in [-0.25, -0.2) is 4.39 Å². The van der Waals surface area contributed by atoms with Crippen LogP contribution in [0.5, 0.6) is 5.75 Å². The SMILES string of the molecule is CCCCCOc1ccc(C#Cc2ccc(C3CCC(CCCCC)CC3)cc2)c(F)c1F. The molecule has 0 N–H and O–H groups in total. The quantitative estimate of drug-likeness (QED) is 0.258. The molecule has 1 saturated carbocycles. The third-order valence-corrected chi connectivity index (χ3v) is 6.84. The first-order valence-corrected chi connectivity index (χ1v) is 12.8. The van der Waals surface area contributed by atoms with Gasteiger partial charge >= 0.3 is 0 Å². The van der Waals surface area contributed by atoms with E-state index in [1.807, 2.05) is 12.1 Å². The van der Waals surface area contributed by atoms with E-state index in [0.717, 1.165) is 30.7 Å². The van der Waals surface area contributed by atoms with Crippen LogP contribution in [-0.4, -0.2) is 6.61 Å². The fraction of sp³-hybridized carbons (Fsp3) is 0.533. The van der Waals surface area contributed by atoms with Crippen LogP contribution < -0.4 is 4.74 Å². The van der Waals surface area contributed by atoms with Gasteiger partial charge in [-0.05, 0) is 73.8 Å². The summed E-state index contributed by atoms with van der Waals surface area (Å²) in [4.78, 5) is 0. The van der Waals surface area contributed by atoms with Crippen LogP contribution in [0.25, 0.3) is 0 Å². The first kappa shape index (κ1) is 25.3. The van der Waals surface area contributed by atoms with Crippen molar-refractivity contribution >= 4 is 0 Å². The normalized spacial score (nSPS) is 17.9. The average molecular weight is 453 g/mol. The smallest absolute Gasteiger partial charge is 0.201 e. The Kier molecular flexibility index (Phi) is 10.3. The van der Waals surface area contributed by atoms with Crippen molar-refractivity contribution in [3.8, 4) is 17.6 Å². The Labute approximate surface area is 198 Å². The number of unbranched alkanes of at least 4 members (excludes halogenated alkanes) is 4. The molecule has 1 aliphatic rings. The predicted molar refractivity (Wildman–Crippen MR) is 133 cm³/mol. The number of ether oxygens (including phenoxy) is 1. The minimum atomic E-state index is -0.959. The zero-order chi connectivity index (χ0) is 23.5. The minimum absolute atomic E-state index is 0.0430. The lowest BCUT2D eigenvalue weighted by Gasteiger charge is -2.29. The summed E-state index contributed by atoms with van der Waals surface area (Å²) in [6, 6.07) is 11.3. The number of hydrogen-bond donors (Lipinski definition) is 0. The Morgan fingerprint density at radius 2 is 1.48 bits per heavy atom. The molecule has 33 heavy (non-hydrogen) atoms. The minimum Gasteiger partial charge on any atom is -0.490 e. The van der Waals surface area contributed by atoms with Crippen LogP contribution in [-0.2, 0) is 0 Å². The molecule has 0 atom stereocenters. The fourth-order valence-corrected chi connectivity index (χ4v) is 4.72. The lowest BCUT2D eigenvalue weighted by molar-refractivity contribution is 0.286. The average Bonchev–Trinajstić information content (AvgIpc) is 2.85. The van der Waals surface area contributed by atoms with Crippen LogP contribution in [0.3, 0.4) is 0 Å². The number of halogens is 2. The predicted octanol–water partition coefficient (Wildman–Crippen LogP) is 8.79. The van der Waals surface area contributed by atoms with Gasteiger partial charge in [0.2, 0.25) is 5.82 Å². The maximum atomic E-state index is 14.4. The van der Waals surface area contributed by atoms with E-state index in [-0.39, 0.29) is 11.3 Å². The molecule has 1 fully saturated rings. The molecular weight excluding hydrogens is 414 g/mol. The summed E-state index contributed by atoms with van der Waals surface area (Å²) in [5.74, 6) is 5.35. The van der Waals surface area contributed by atoms with Crippen LogP contribution in [0.2, 0.25) is 0 Å². The van der Waals surface area contributed by atoms with Crippen molar-refractivity contribution < 1.29 is 13.5 Å². The fourth-order valence-electron chi connectivity index (χ4n) is 4.72. The van der Waals surface area contributed by atoms with E-state index in [0.29, 0.717) is 12.5 Å². The first-order valence-electron chi connectivity index (χ1n) is 12.8. The number of hydrogen-bond acceptors (Lipinski definition) is 1. The lowest BCUT2D eigenvalue weighted by Crippen LogP contribution is -2.13. The summed E-state index contributed by atoms with van der Waals surface area (Å²) in [5.41, 5.74) is 2.24. The van der Waals surface area contributed by atoms with Gasteiger partial charge in [-0.2, -0.15) is 4.39 Å². The van der Waals surface area contributed by atoms with Crippen molar-refractivity contribution in [2.45, 2.75) is 90.4 Å². The topological polar surface area (TPSA) is 9.23 Å². The molecule has 3 rings (SSSR count). The van der Waals surface area contributed by atoms with E-state index < -0.39 is 11.6 Å². The molecule has 0 heterocycles. The van der Waals surface area contributed by atoms with Gasteiger partial charge in [0.1, 0.15) is 0 Å². The van der Waals surface area contributed by atoms with Gasteiger partial charge in [0.25, 0.3) is 0 Å². The van der Waals surface area contributed by atoms with Gasteiger partial charge in [-0.15, -0.1) is 0 Å². The zero-order valence-electron chi connectivity index (χ0n) is 20.3. The molecule has 0 spiro atoms. The van der Waals surface area contributed by atoms with E-state index in [1.54, 1.807) is 0 Å². The van der Waals surface area contributed by atoms with E-state index in [1.165, 1.54) is 69.1 Å². The van der Waals surface area contributed by atoms with Crippen molar-refractivity contribution in [1.29, 1.82) is 0 Å². The van der Waals surface area contributed by atoms with Crippen molar-refractivity contribution in [1.82, 2.24) is 0 Å². The molecular formula is C30H38F2O. The highest BCUT2D eigenvalue weighted by molar-refractivity contribution is 5.46. The third-order valence-electron chi connectivity index (χ3n) is 6.84. The zero-order valence-corrected chi connectivity index (χ0v) is 20.3. The second-order valence-corrected chi connectivity index (χ2v) is 9.38. The third kappa shape index (κ3) is 7.60. The summed E-state index contributed by atoms with van der Waals surface area (Å²) in [7, 11) is 0. The summed E-state index contributed by atoms with van der Waals surface area (Å²) >= 11 is 0. The summed E-state index contributed by atoms with van der Waals surface area (Å²) in [5, 5.41) is 0. The van der Waals surface area contributed by atoms with Crippen LogP contribution >= 0.6 is 0 Å². The highest BCUT2D eigenvalue weighted by Crippen LogP contribution is 2.37. The van der Waals surface area contributed by atoms with Crippen molar-refractivity contribution in [3.63, 3.8) is 0 Å². The summed E-state index contributed by atoms with van der Waals surface area (Å²) < 4.78 is 34.1. The van der Waals surface area contributed by atoms with Crippen LogP contribution in [0.1, 0.15) is 107 Å². The van der Waals surface area contributed by atoms with Crippen molar-refractivity contribution in [2.75, 3.05) is 6.61 Å². The van der Waals surface area contributed by atoms with Gasteiger partial charge in [0.05, 0.1) is 12.2 Å². The van der Waals surface area contributed by atoms with E-state index >= 15 is 0 Å². The Balaban J connectivity index is 1.56. The molecule has 0 unspecified atom stereocenters.